The van der Waals surface area contributed by atoms with Crippen molar-refractivity contribution in [3.8, 4) is 0 Å². The Morgan fingerprint density at radius 2 is 2.05 bits per heavy atom. The lowest BCUT2D eigenvalue weighted by atomic mass is 10.2. The van der Waals surface area contributed by atoms with Gasteiger partial charge in [0.2, 0.25) is 5.91 Å². The molecule has 0 aromatic heterocycles. The van der Waals surface area contributed by atoms with Gasteiger partial charge in [0.1, 0.15) is 6.04 Å². The van der Waals surface area contributed by atoms with E-state index < -0.39 is 6.04 Å². The molecule has 2 amide bonds. The number of nitrogens with zero attached hydrogens (tertiary/aromatic N) is 1. The fraction of sp³-hybridized carbons (Fsp3) is 0.429. The predicted molar refractivity (Wildman–Crippen MR) is 75.2 cm³/mol. The molecule has 1 heterocycles. The van der Waals surface area contributed by atoms with Crippen LogP contribution in [0.15, 0.2) is 18.2 Å². The number of hydrogen-bond donors (Lipinski definition) is 1. The summed E-state index contributed by atoms with van der Waals surface area (Å²) in [4.78, 5) is 25.2. The zero-order valence-corrected chi connectivity index (χ0v) is 12.0. The van der Waals surface area contributed by atoms with Gasteiger partial charge in [0.05, 0.1) is 17.1 Å². The lowest BCUT2D eigenvalue weighted by molar-refractivity contribution is -0.140. The van der Waals surface area contributed by atoms with E-state index in [4.69, 9.17) is 11.6 Å². The van der Waals surface area contributed by atoms with Crippen molar-refractivity contribution in [2.45, 2.75) is 39.3 Å². The molecule has 1 unspecified atom stereocenters. The summed E-state index contributed by atoms with van der Waals surface area (Å²) in [5, 5.41) is 3.62. The molecule has 1 N–H and O–H groups in total. The topological polar surface area (TPSA) is 49.4 Å². The molecule has 0 radical (unpaired) electrons. The van der Waals surface area contributed by atoms with E-state index in [1.807, 2.05) is 39.0 Å². The molecule has 0 saturated carbocycles. The minimum atomic E-state index is -0.518. The molecule has 19 heavy (non-hydrogen) atoms. The number of carbonyl (C=O) groups is 2. The maximum absolute atomic E-state index is 12.1. The summed E-state index contributed by atoms with van der Waals surface area (Å²) >= 11 is 6.12. The standard InChI is InChI=1S/C14H17ClN2O2/c1-8(2)17-13(18)7-12(14(17)19)16-11-5-4-9(3)6-10(11)15/h4-6,8,12,16H,7H2,1-3H3. The predicted octanol–water partition coefficient (Wildman–Crippen LogP) is 2.60. The van der Waals surface area contributed by atoms with Gasteiger partial charge in [0.15, 0.2) is 0 Å². The van der Waals surface area contributed by atoms with Crippen molar-refractivity contribution in [1.29, 1.82) is 0 Å². The molecule has 0 bridgehead atoms. The first kappa shape index (κ1) is 13.9. The van der Waals surface area contributed by atoms with Gasteiger partial charge in [-0.05, 0) is 38.5 Å². The highest BCUT2D eigenvalue weighted by Gasteiger charge is 2.39. The van der Waals surface area contributed by atoms with Gasteiger partial charge in [-0.25, -0.2) is 0 Å². The number of aryl methyl sites for hydroxylation is 1. The first-order valence-corrected chi connectivity index (χ1v) is 6.66. The minimum absolute atomic E-state index is 0.111. The normalized spacial score (nSPS) is 19.4. The Bertz CT molecular complexity index is 528. The monoisotopic (exact) mass is 280 g/mol. The van der Waals surface area contributed by atoms with Gasteiger partial charge in [0, 0.05) is 6.04 Å². The van der Waals surface area contributed by atoms with Crippen LogP contribution in [-0.2, 0) is 9.59 Å². The second-order valence-corrected chi connectivity index (χ2v) is 5.49. The summed E-state index contributed by atoms with van der Waals surface area (Å²) < 4.78 is 0. The molecule has 1 atom stereocenters. The van der Waals surface area contributed by atoms with Gasteiger partial charge in [0.25, 0.3) is 5.91 Å². The molecule has 4 nitrogen and oxygen atoms in total. The van der Waals surface area contributed by atoms with Crippen LogP contribution in [0.25, 0.3) is 0 Å². The fourth-order valence-corrected chi connectivity index (χ4v) is 2.52. The Hall–Kier alpha value is -1.55. The Balaban J connectivity index is 2.16. The van der Waals surface area contributed by atoms with Gasteiger partial charge in [-0.15, -0.1) is 0 Å². The number of anilines is 1. The van der Waals surface area contributed by atoms with Crippen LogP contribution in [-0.4, -0.2) is 28.8 Å². The molecule has 0 aliphatic carbocycles. The van der Waals surface area contributed by atoms with Crippen LogP contribution in [0.5, 0.6) is 0 Å². The zero-order chi connectivity index (χ0) is 14.2. The molecular weight excluding hydrogens is 264 g/mol. The third-order valence-corrected chi connectivity index (χ3v) is 3.47. The van der Waals surface area contributed by atoms with Crippen LogP contribution in [0.1, 0.15) is 25.8 Å². The average molecular weight is 281 g/mol. The van der Waals surface area contributed by atoms with E-state index in [0.29, 0.717) is 10.7 Å². The Morgan fingerprint density at radius 1 is 1.37 bits per heavy atom. The molecule has 2 rings (SSSR count). The van der Waals surface area contributed by atoms with Crippen LogP contribution in [0, 0.1) is 6.92 Å². The van der Waals surface area contributed by atoms with E-state index in [9.17, 15) is 9.59 Å². The molecular formula is C14H17ClN2O2. The van der Waals surface area contributed by atoms with Crippen molar-refractivity contribution in [3.05, 3.63) is 28.8 Å². The highest BCUT2D eigenvalue weighted by molar-refractivity contribution is 6.33. The van der Waals surface area contributed by atoms with E-state index >= 15 is 0 Å². The maximum atomic E-state index is 12.1. The number of halogens is 1. The number of nitrogens with one attached hydrogen (secondary N) is 1. The number of likely N-dealkylation sites (tertiary alicyclic amines) is 1. The lowest BCUT2D eigenvalue weighted by Crippen LogP contribution is -2.39. The molecule has 1 saturated heterocycles. The van der Waals surface area contributed by atoms with E-state index in [2.05, 4.69) is 5.32 Å². The third-order valence-electron chi connectivity index (χ3n) is 3.15. The molecule has 1 aromatic carbocycles. The SMILES string of the molecule is Cc1ccc(NC2CC(=O)N(C(C)C)C2=O)c(Cl)c1. The number of hydrogen-bond acceptors (Lipinski definition) is 3. The number of rotatable bonds is 3. The summed E-state index contributed by atoms with van der Waals surface area (Å²) in [6, 6.07) is 4.93. The Kier molecular flexibility index (Phi) is 3.80. The molecule has 1 fully saturated rings. The van der Waals surface area contributed by atoms with Gasteiger partial charge in [-0.2, -0.15) is 0 Å². The first-order chi connectivity index (χ1) is 8.90. The average Bonchev–Trinajstić information content (AvgIpc) is 2.58. The van der Waals surface area contributed by atoms with Crippen molar-refractivity contribution < 1.29 is 9.59 Å². The highest BCUT2D eigenvalue weighted by Crippen LogP contribution is 2.26. The van der Waals surface area contributed by atoms with Gasteiger partial charge in [-0.3, -0.25) is 14.5 Å². The molecule has 102 valence electrons. The largest absolute Gasteiger partial charge is 0.372 e. The zero-order valence-electron chi connectivity index (χ0n) is 11.2. The fourth-order valence-electron chi connectivity index (χ4n) is 2.23. The van der Waals surface area contributed by atoms with Gasteiger partial charge >= 0.3 is 0 Å². The highest BCUT2D eigenvalue weighted by atomic mass is 35.5. The number of benzene rings is 1. The molecule has 0 spiro atoms. The smallest absolute Gasteiger partial charge is 0.252 e. The number of carbonyl (C=O) groups excluding carboxylic acids is 2. The van der Waals surface area contributed by atoms with Crippen LogP contribution >= 0.6 is 11.6 Å². The Labute approximate surface area is 117 Å². The van der Waals surface area contributed by atoms with Gasteiger partial charge in [-0.1, -0.05) is 17.7 Å². The van der Waals surface area contributed by atoms with Crippen LogP contribution in [0.4, 0.5) is 5.69 Å². The van der Waals surface area contributed by atoms with Crippen LogP contribution in [0.2, 0.25) is 5.02 Å². The second kappa shape index (κ2) is 5.21. The van der Waals surface area contributed by atoms with Crippen molar-refractivity contribution in [2.75, 3.05) is 5.32 Å². The summed E-state index contributed by atoms with van der Waals surface area (Å²) in [5.41, 5.74) is 1.73. The van der Waals surface area contributed by atoms with E-state index in [-0.39, 0.29) is 24.3 Å². The Morgan fingerprint density at radius 3 is 2.58 bits per heavy atom. The molecule has 1 aliphatic rings. The van der Waals surface area contributed by atoms with Crippen molar-refractivity contribution in [3.63, 3.8) is 0 Å². The lowest BCUT2D eigenvalue weighted by Gasteiger charge is -2.19. The molecule has 5 heteroatoms. The van der Waals surface area contributed by atoms with Crippen LogP contribution < -0.4 is 5.32 Å². The summed E-state index contributed by atoms with van der Waals surface area (Å²) in [7, 11) is 0. The summed E-state index contributed by atoms with van der Waals surface area (Å²) in [6.07, 6.45) is 0.182. The first-order valence-electron chi connectivity index (χ1n) is 6.28. The third kappa shape index (κ3) is 2.73. The van der Waals surface area contributed by atoms with Crippen molar-refractivity contribution in [2.24, 2.45) is 0 Å². The van der Waals surface area contributed by atoms with Gasteiger partial charge < -0.3 is 5.32 Å². The minimum Gasteiger partial charge on any atom is -0.372 e. The number of amides is 2. The summed E-state index contributed by atoms with van der Waals surface area (Å²) in [6.45, 7) is 5.61. The van der Waals surface area contributed by atoms with E-state index in [1.165, 1.54) is 4.90 Å². The summed E-state index contributed by atoms with van der Waals surface area (Å²) in [5.74, 6) is -0.322. The van der Waals surface area contributed by atoms with Crippen LogP contribution in [0.3, 0.4) is 0 Å². The quantitative estimate of drug-likeness (QED) is 0.866. The van der Waals surface area contributed by atoms with E-state index in [0.717, 1.165) is 5.56 Å². The second-order valence-electron chi connectivity index (χ2n) is 5.08. The molecule has 1 aromatic rings. The van der Waals surface area contributed by atoms with Crippen molar-refractivity contribution in [1.82, 2.24) is 4.90 Å². The number of imide groups is 1. The van der Waals surface area contributed by atoms with E-state index in [1.54, 1.807) is 0 Å². The molecule has 1 aliphatic heterocycles. The maximum Gasteiger partial charge on any atom is 0.252 e. The van der Waals surface area contributed by atoms with Crippen molar-refractivity contribution >= 4 is 29.1 Å².